The van der Waals surface area contributed by atoms with Crippen LogP contribution in [0.25, 0.3) is 0 Å². The average molecular weight is 267 g/mol. The molecule has 0 aliphatic heterocycles. The zero-order valence-electron chi connectivity index (χ0n) is 9.30. The number of alkyl halides is 1. The summed E-state index contributed by atoms with van der Waals surface area (Å²) in [4.78, 5) is 11.4. The maximum absolute atomic E-state index is 11.4. The Bertz CT molecular complexity index is 175. The van der Waals surface area contributed by atoms with E-state index in [-0.39, 0.29) is 11.9 Å². The molecule has 4 heteroatoms. The van der Waals surface area contributed by atoms with Gasteiger partial charge >= 0.3 is 5.97 Å². The second kappa shape index (κ2) is 6.40. The predicted molar refractivity (Wildman–Crippen MR) is 59.6 cm³/mol. The third kappa shape index (κ3) is 7.33. The quantitative estimate of drug-likeness (QED) is 0.436. The summed E-state index contributed by atoms with van der Waals surface area (Å²) in [6, 6.07) is 0. The first-order chi connectivity index (χ1) is 6.37. The van der Waals surface area contributed by atoms with Crippen LogP contribution >= 0.6 is 15.9 Å². The molecule has 1 unspecified atom stereocenters. The van der Waals surface area contributed by atoms with Crippen molar-refractivity contribution in [3.63, 3.8) is 0 Å². The smallest absolute Gasteiger partial charge is 0.311 e. The Balaban J connectivity index is 3.77. The van der Waals surface area contributed by atoms with E-state index in [1.165, 1.54) is 0 Å². The van der Waals surface area contributed by atoms with Gasteiger partial charge in [-0.25, -0.2) is 0 Å². The van der Waals surface area contributed by atoms with Crippen LogP contribution in [0.3, 0.4) is 0 Å². The highest BCUT2D eigenvalue weighted by atomic mass is 79.9. The van der Waals surface area contributed by atoms with Gasteiger partial charge in [-0.3, -0.25) is 4.79 Å². The molecule has 0 heterocycles. The topological polar surface area (TPSA) is 35.5 Å². The van der Waals surface area contributed by atoms with E-state index in [2.05, 4.69) is 15.9 Å². The second-order valence-corrected chi connectivity index (χ2v) is 4.99. The van der Waals surface area contributed by atoms with E-state index in [0.717, 1.165) is 5.33 Å². The van der Waals surface area contributed by atoms with Crippen molar-refractivity contribution in [1.82, 2.24) is 0 Å². The van der Waals surface area contributed by atoms with Gasteiger partial charge in [0.15, 0.2) is 0 Å². The minimum atomic E-state index is -0.416. The summed E-state index contributed by atoms with van der Waals surface area (Å²) >= 11 is 3.24. The minimum absolute atomic E-state index is 0.201. The van der Waals surface area contributed by atoms with E-state index in [1.54, 1.807) is 0 Å². The summed E-state index contributed by atoms with van der Waals surface area (Å²) in [5.74, 6) is -0.402. The van der Waals surface area contributed by atoms with Crippen LogP contribution in [-0.4, -0.2) is 30.1 Å². The number of carbonyl (C=O) groups is 1. The van der Waals surface area contributed by atoms with Gasteiger partial charge in [0.05, 0.1) is 19.1 Å². The van der Waals surface area contributed by atoms with Gasteiger partial charge in [-0.05, 0) is 27.7 Å². The SMILES string of the molecule is CC(COCCBr)C(=O)OC(C)(C)C. The number of hydrogen-bond donors (Lipinski definition) is 0. The summed E-state index contributed by atoms with van der Waals surface area (Å²) < 4.78 is 10.4. The van der Waals surface area contributed by atoms with Crippen LogP contribution in [0.5, 0.6) is 0 Å². The Morgan fingerprint density at radius 2 is 2.00 bits per heavy atom. The van der Waals surface area contributed by atoms with Crippen LogP contribution in [0.4, 0.5) is 0 Å². The number of ether oxygens (including phenoxy) is 2. The molecule has 0 radical (unpaired) electrons. The van der Waals surface area contributed by atoms with Gasteiger partial charge in [0.2, 0.25) is 0 Å². The molecule has 0 bridgehead atoms. The van der Waals surface area contributed by atoms with E-state index in [1.807, 2.05) is 27.7 Å². The van der Waals surface area contributed by atoms with Gasteiger partial charge in [-0.2, -0.15) is 0 Å². The van der Waals surface area contributed by atoms with E-state index < -0.39 is 5.60 Å². The first-order valence-electron chi connectivity index (χ1n) is 4.73. The lowest BCUT2D eigenvalue weighted by Gasteiger charge is -2.22. The van der Waals surface area contributed by atoms with Crippen LogP contribution in [0.1, 0.15) is 27.7 Å². The molecule has 0 saturated heterocycles. The molecule has 0 rings (SSSR count). The van der Waals surface area contributed by atoms with Crippen molar-refractivity contribution in [2.24, 2.45) is 5.92 Å². The summed E-state index contributed by atoms with van der Waals surface area (Å²) in [6.07, 6.45) is 0. The summed E-state index contributed by atoms with van der Waals surface area (Å²) in [6.45, 7) is 8.42. The van der Waals surface area contributed by atoms with Crippen LogP contribution < -0.4 is 0 Å². The van der Waals surface area contributed by atoms with Crippen molar-refractivity contribution in [2.75, 3.05) is 18.5 Å². The molecule has 0 spiro atoms. The highest BCUT2D eigenvalue weighted by molar-refractivity contribution is 9.09. The fourth-order valence-corrected chi connectivity index (χ4v) is 1.01. The lowest BCUT2D eigenvalue weighted by molar-refractivity contribution is -0.161. The van der Waals surface area contributed by atoms with Crippen LogP contribution in [0.15, 0.2) is 0 Å². The highest BCUT2D eigenvalue weighted by Crippen LogP contribution is 2.11. The van der Waals surface area contributed by atoms with E-state index >= 15 is 0 Å². The van der Waals surface area contributed by atoms with Crippen molar-refractivity contribution >= 4 is 21.9 Å². The van der Waals surface area contributed by atoms with Crippen LogP contribution in [0, 0.1) is 5.92 Å². The molecule has 0 aromatic heterocycles. The molecule has 0 aromatic carbocycles. The van der Waals surface area contributed by atoms with Gasteiger partial charge in [0.1, 0.15) is 5.60 Å². The zero-order valence-corrected chi connectivity index (χ0v) is 10.9. The molecule has 84 valence electrons. The lowest BCUT2D eigenvalue weighted by Crippen LogP contribution is -2.29. The maximum Gasteiger partial charge on any atom is 0.311 e. The van der Waals surface area contributed by atoms with Crippen LogP contribution in [-0.2, 0) is 14.3 Å². The number of rotatable bonds is 5. The van der Waals surface area contributed by atoms with Crippen LogP contribution in [0.2, 0.25) is 0 Å². The summed E-state index contributed by atoms with van der Waals surface area (Å²) in [5.41, 5.74) is -0.416. The third-order valence-electron chi connectivity index (χ3n) is 1.40. The van der Waals surface area contributed by atoms with Crippen molar-refractivity contribution in [2.45, 2.75) is 33.3 Å². The molecule has 0 amide bonds. The number of esters is 1. The lowest BCUT2D eigenvalue weighted by atomic mass is 10.1. The van der Waals surface area contributed by atoms with Gasteiger partial charge < -0.3 is 9.47 Å². The second-order valence-electron chi connectivity index (χ2n) is 4.20. The average Bonchev–Trinajstić information content (AvgIpc) is 2.01. The highest BCUT2D eigenvalue weighted by Gasteiger charge is 2.21. The number of hydrogen-bond acceptors (Lipinski definition) is 3. The molecule has 0 N–H and O–H groups in total. The molecule has 0 aliphatic carbocycles. The van der Waals surface area contributed by atoms with Crippen molar-refractivity contribution in [3.8, 4) is 0 Å². The molecule has 0 fully saturated rings. The predicted octanol–water partition coefficient (Wildman–Crippen LogP) is 2.38. The Morgan fingerprint density at radius 1 is 1.43 bits per heavy atom. The van der Waals surface area contributed by atoms with Crippen molar-refractivity contribution < 1.29 is 14.3 Å². The molecular formula is C10H19BrO3. The molecule has 0 saturated carbocycles. The van der Waals surface area contributed by atoms with Crippen molar-refractivity contribution in [1.29, 1.82) is 0 Å². The van der Waals surface area contributed by atoms with Gasteiger partial charge in [-0.1, -0.05) is 15.9 Å². The molecule has 14 heavy (non-hydrogen) atoms. The first kappa shape index (κ1) is 13.9. The van der Waals surface area contributed by atoms with Gasteiger partial charge in [0.25, 0.3) is 0 Å². The van der Waals surface area contributed by atoms with E-state index in [0.29, 0.717) is 13.2 Å². The van der Waals surface area contributed by atoms with Gasteiger partial charge in [-0.15, -0.1) is 0 Å². The summed E-state index contributed by atoms with van der Waals surface area (Å²) in [5, 5.41) is 0.786. The Labute approximate surface area is 94.3 Å². The Kier molecular flexibility index (Phi) is 6.36. The van der Waals surface area contributed by atoms with Crippen molar-refractivity contribution in [3.05, 3.63) is 0 Å². The molecule has 1 atom stereocenters. The van der Waals surface area contributed by atoms with E-state index in [4.69, 9.17) is 9.47 Å². The standard InChI is InChI=1S/C10H19BrO3/c1-8(7-13-6-5-11)9(12)14-10(2,3)4/h8H,5-7H2,1-4H3. The monoisotopic (exact) mass is 266 g/mol. The number of carbonyl (C=O) groups excluding carboxylic acids is 1. The minimum Gasteiger partial charge on any atom is -0.460 e. The fraction of sp³-hybridized carbons (Fsp3) is 0.900. The fourth-order valence-electron chi connectivity index (χ4n) is 0.785. The molecular weight excluding hydrogens is 248 g/mol. The Hall–Kier alpha value is -0.0900. The summed E-state index contributed by atoms with van der Waals surface area (Å²) in [7, 11) is 0. The van der Waals surface area contributed by atoms with E-state index in [9.17, 15) is 4.79 Å². The number of halogens is 1. The zero-order chi connectivity index (χ0) is 11.2. The first-order valence-corrected chi connectivity index (χ1v) is 5.85. The normalized spacial score (nSPS) is 13.8. The van der Waals surface area contributed by atoms with Gasteiger partial charge in [0, 0.05) is 5.33 Å². The Morgan fingerprint density at radius 3 is 2.43 bits per heavy atom. The molecule has 0 aromatic rings. The molecule has 3 nitrogen and oxygen atoms in total. The third-order valence-corrected chi connectivity index (χ3v) is 1.72. The maximum atomic E-state index is 11.4. The largest absolute Gasteiger partial charge is 0.460 e. The molecule has 0 aliphatic rings.